The Kier molecular flexibility index (Phi) is 6.91. The first-order valence-electron chi connectivity index (χ1n) is 8.95. The maximum atomic E-state index is 5.58. The molecule has 1 aromatic heterocycles. The number of aryl methyl sites for hydroxylation is 2. The molecule has 5 heteroatoms. The predicted molar refractivity (Wildman–Crippen MR) is 100 cm³/mol. The zero-order chi connectivity index (χ0) is 17.5. The summed E-state index contributed by atoms with van der Waals surface area (Å²) in [6, 6.07) is 2.55. The Labute approximate surface area is 146 Å². The number of likely N-dealkylation sites (tertiary alicyclic amines) is 1. The summed E-state index contributed by atoms with van der Waals surface area (Å²) in [5.74, 6) is 2.80. The molecule has 2 heterocycles. The Morgan fingerprint density at radius 3 is 2.62 bits per heavy atom. The van der Waals surface area contributed by atoms with Gasteiger partial charge in [-0.3, -0.25) is 4.90 Å². The van der Waals surface area contributed by atoms with E-state index in [4.69, 9.17) is 9.41 Å². The number of hydrogen-bond donors (Lipinski definition) is 2. The number of guanidine groups is 1. The second-order valence-corrected chi connectivity index (χ2v) is 6.79. The molecule has 2 rings (SSSR count). The fraction of sp³-hybridized carbons (Fsp3) is 0.632. The van der Waals surface area contributed by atoms with E-state index in [0.717, 1.165) is 62.1 Å². The second-order valence-electron chi connectivity index (χ2n) is 6.79. The van der Waals surface area contributed by atoms with Crippen molar-refractivity contribution >= 4 is 5.96 Å². The number of aliphatic imine (C=N–C) groups is 1. The van der Waals surface area contributed by atoms with E-state index < -0.39 is 0 Å². The van der Waals surface area contributed by atoms with Crippen LogP contribution in [-0.2, 0) is 6.54 Å². The van der Waals surface area contributed by atoms with E-state index in [1.165, 1.54) is 5.57 Å². The second kappa shape index (κ2) is 8.92. The molecular formula is C19H32N4O. The lowest BCUT2D eigenvalue weighted by molar-refractivity contribution is 0.221. The highest BCUT2D eigenvalue weighted by atomic mass is 16.3. The first kappa shape index (κ1) is 18.6. The van der Waals surface area contributed by atoms with Gasteiger partial charge in [-0.25, -0.2) is 4.99 Å². The van der Waals surface area contributed by atoms with Crippen LogP contribution in [0.2, 0.25) is 0 Å². The normalized spacial score (nSPS) is 17.1. The summed E-state index contributed by atoms with van der Waals surface area (Å²) in [4.78, 5) is 7.20. The Morgan fingerprint density at radius 1 is 1.38 bits per heavy atom. The molecule has 134 valence electrons. The minimum absolute atomic E-state index is 0.483. The smallest absolute Gasteiger partial charge is 0.191 e. The molecule has 24 heavy (non-hydrogen) atoms. The predicted octanol–water partition coefficient (Wildman–Crippen LogP) is 2.99. The monoisotopic (exact) mass is 332 g/mol. The molecule has 0 unspecified atom stereocenters. The van der Waals surface area contributed by atoms with Crippen molar-refractivity contribution in [3.05, 3.63) is 35.3 Å². The zero-order valence-corrected chi connectivity index (χ0v) is 15.6. The Bertz CT molecular complexity index is 568. The number of piperidine rings is 1. The van der Waals surface area contributed by atoms with Crippen molar-refractivity contribution < 1.29 is 4.42 Å². The van der Waals surface area contributed by atoms with Gasteiger partial charge in [-0.2, -0.15) is 0 Å². The van der Waals surface area contributed by atoms with Crippen LogP contribution < -0.4 is 10.6 Å². The number of nitrogens with zero attached hydrogens (tertiary/aromatic N) is 2. The van der Waals surface area contributed by atoms with E-state index >= 15 is 0 Å². The van der Waals surface area contributed by atoms with Crippen molar-refractivity contribution in [3.8, 4) is 0 Å². The molecule has 0 spiro atoms. The van der Waals surface area contributed by atoms with Crippen molar-refractivity contribution in [2.45, 2.75) is 53.1 Å². The molecular weight excluding hydrogens is 300 g/mol. The van der Waals surface area contributed by atoms with Crippen LogP contribution in [0.1, 0.15) is 43.8 Å². The average Bonchev–Trinajstić information content (AvgIpc) is 2.84. The fourth-order valence-electron chi connectivity index (χ4n) is 3.14. The summed E-state index contributed by atoms with van der Waals surface area (Å²) in [5, 5.41) is 6.94. The SMILES string of the molecule is C=C(C)CN1CCC(NC(=NCc2cc(C)oc2C)NCC)CC1. The Morgan fingerprint density at radius 2 is 2.08 bits per heavy atom. The van der Waals surface area contributed by atoms with E-state index in [2.05, 4.69) is 42.0 Å². The molecule has 2 N–H and O–H groups in total. The largest absolute Gasteiger partial charge is 0.466 e. The van der Waals surface area contributed by atoms with Crippen LogP contribution in [0.15, 0.2) is 27.6 Å². The lowest BCUT2D eigenvalue weighted by Gasteiger charge is -2.33. The highest BCUT2D eigenvalue weighted by Crippen LogP contribution is 2.15. The van der Waals surface area contributed by atoms with Crippen molar-refractivity contribution in [1.82, 2.24) is 15.5 Å². The van der Waals surface area contributed by atoms with Gasteiger partial charge in [0.15, 0.2) is 5.96 Å². The highest BCUT2D eigenvalue weighted by Gasteiger charge is 2.19. The minimum Gasteiger partial charge on any atom is -0.466 e. The fourth-order valence-corrected chi connectivity index (χ4v) is 3.14. The third kappa shape index (κ3) is 5.71. The summed E-state index contributed by atoms with van der Waals surface area (Å²) in [6.07, 6.45) is 2.28. The molecule has 1 aromatic rings. The van der Waals surface area contributed by atoms with E-state index in [9.17, 15) is 0 Å². The molecule has 0 aliphatic carbocycles. The van der Waals surface area contributed by atoms with Gasteiger partial charge in [-0.1, -0.05) is 12.2 Å². The third-order valence-corrected chi connectivity index (χ3v) is 4.32. The van der Waals surface area contributed by atoms with E-state index in [1.54, 1.807) is 0 Å². The van der Waals surface area contributed by atoms with Crippen LogP contribution in [-0.4, -0.2) is 43.1 Å². The lowest BCUT2D eigenvalue weighted by atomic mass is 10.0. The summed E-state index contributed by atoms with van der Waals surface area (Å²) in [7, 11) is 0. The van der Waals surface area contributed by atoms with Gasteiger partial charge >= 0.3 is 0 Å². The van der Waals surface area contributed by atoms with Gasteiger partial charge in [0.05, 0.1) is 6.54 Å². The van der Waals surface area contributed by atoms with Crippen molar-refractivity contribution in [2.75, 3.05) is 26.2 Å². The van der Waals surface area contributed by atoms with Gasteiger partial charge < -0.3 is 15.1 Å². The maximum absolute atomic E-state index is 5.58. The average molecular weight is 332 g/mol. The molecule has 0 bridgehead atoms. The summed E-state index contributed by atoms with van der Waals surface area (Å²) in [6.45, 7) is 16.9. The standard InChI is InChI=1S/C19H32N4O/c1-6-20-19(21-12-17-11-15(4)24-16(17)5)22-18-7-9-23(10-8-18)13-14(2)3/h11,18H,2,6-10,12-13H2,1,3-5H3,(H2,20,21,22). The number of hydrogen-bond acceptors (Lipinski definition) is 3. The molecule has 0 radical (unpaired) electrons. The van der Waals surface area contributed by atoms with Crippen LogP contribution in [0, 0.1) is 13.8 Å². The van der Waals surface area contributed by atoms with Crippen molar-refractivity contribution in [3.63, 3.8) is 0 Å². The van der Waals surface area contributed by atoms with Crippen molar-refractivity contribution in [1.29, 1.82) is 0 Å². The molecule has 5 nitrogen and oxygen atoms in total. The number of rotatable bonds is 6. The lowest BCUT2D eigenvalue weighted by Crippen LogP contribution is -2.48. The Hall–Kier alpha value is -1.75. The van der Waals surface area contributed by atoms with Crippen LogP contribution in [0.25, 0.3) is 0 Å². The van der Waals surface area contributed by atoms with E-state index in [1.807, 2.05) is 13.8 Å². The molecule has 0 amide bonds. The minimum atomic E-state index is 0.483. The molecule has 0 atom stereocenters. The quantitative estimate of drug-likeness (QED) is 0.478. The third-order valence-electron chi connectivity index (χ3n) is 4.32. The van der Waals surface area contributed by atoms with E-state index in [0.29, 0.717) is 12.6 Å². The zero-order valence-electron chi connectivity index (χ0n) is 15.6. The highest BCUT2D eigenvalue weighted by molar-refractivity contribution is 5.80. The molecule has 0 saturated carbocycles. The Balaban J connectivity index is 1.88. The van der Waals surface area contributed by atoms with Gasteiger partial charge in [0, 0.05) is 37.8 Å². The van der Waals surface area contributed by atoms with Gasteiger partial charge in [-0.15, -0.1) is 0 Å². The van der Waals surface area contributed by atoms with Gasteiger partial charge in [0.1, 0.15) is 11.5 Å². The summed E-state index contributed by atoms with van der Waals surface area (Å²) < 4.78 is 5.58. The molecule has 1 aliphatic rings. The topological polar surface area (TPSA) is 52.8 Å². The number of nitrogens with one attached hydrogen (secondary N) is 2. The maximum Gasteiger partial charge on any atom is 0.191 e. The summed E-state index contributed by atoms with van der Waals surface area (Å²) >= 11 is 0. The van der Waals surface area contributed by atoms with Crippen LogP contribution in [0.3, 0.4) is 0 Å². The van der Waals surface area contributed by atoms with Crippen LogP contribution >= 0.6 is 0 Å². The molecule has 1 aliphatic heterocycles. The van der Waals surface area contributed by atoms with Gasteiger partial charge in [-0.05, 0) is 46.6 Å². The van der Waals surface area contributed by atoms with E-state index in [-0.39, 0.29) is 0 Å². The molecule has 0 aromatic carbocycles. The first-order valence-corrected chi connectivity index (χ1v) is 8.95. The molecule has 1 fully saturated rings. The molecule has 1 saturated heterocycles. The summed E-state index contributed by atoms with van der Waals surface area (Å²) in [5.41, 5.74) is 2.39. The van der Waals surface area contributed by atoms with Crippen LogP contribution in [0.5, 0.6) is 0 Å². The van der Waals surface area contributed by atoms with Crippen molar-refractivity contribution in [2.24, 2.45) is 4.99 Å². The van der Waals surface area contributed by atoms with Gasteiger partial charge in [0.25, 0.3) is 0 Å². The first-order chi connectivity index (χ1) is 11.5. The number of furan rings is 1. The van der Waals surface area contributed by atoms with Gasteiger partial charge in [0.2, 0.25) is 0 Å². The van der Waals surface area contributed by atoms with Crippen LogP contribution in [0.4, 0.5) is 0 Å².